The lowest BCUT2D eigenvalue weighted by Crippen LogP contribution is -2.54. The van der Waals surface area contributed by atoms with Gasteiger partial charge in [-0.2, -0.15) is 0 Å². The van der Waals surface area contributed by atoms with E-state index >= 15 is 0 Å². The van der Waals surface area contributed by atoms with Crippen molar-refractivity contribution in [3.05, 3.63) is 60.7 Å². The molecule has 0 aliphatic heterocycles. The first-order chi connectivity index (χ1) is 11.6. The van der Waals surface area contributed by atoms with E-state index in [1.807, 2.05) is 43.3 Å². The highest BCUT2D eigenvalue weighted by molar-refractivity contribution is 6.74. The highest BCUT2D eigenvalue weighted by Gasteiger charge is 2.39. The molecule has 0 fully saturated rings. The Morgan fingerprint density at radius 1 is 0.833 bits per heavy atom. The van der Waals surface area contributed by atoms with Crippen LogP contribution in [0.3, 0.4) is 0 Å². The van der Waals surface area contributed by atoms with Crippen LogP contribution < -0.4 is 10.4 Å². The molecule has 1 atom stereocenters. The van der Waals surface area contributed by atoms with Gasteiger partial charge in [-0.1, -0.05) is 86.1 Å². The molecule has 5 heteroatoms. The fourth-order valence-electron chi connectivity index (χ4n) is 1.99. The van der Waals surface area contributed by atoms with E-state index < -0.39 is 8.80 Å². The van der Waals surface area contributed by atoms with Gasteiger partial charge in [0.05, 0.1) is 0 Å². The Hall–Kier alpha value is -1.25. The molecule has 0 saturated heterocycles. The van der Waals surface area contributed by atoms with Crippen LogP contribution in [0.2, 0.25) is 0 Å². The SMILES string of the molecule is CCCCO[Si](O)(OCCC)c1ccccc1.[SiH3]c1ccccc1. The molecule has 2 aromatic carbocycles. The standard InChI is InChI=1S/C13H22O3Si.C6H8Si/c1-3-5-12-16-17(14,15-11-4-2)13-9-7-6-8-10-13;7-6-4-2-1-3-5-6/h6-10,14H,3-5,11-12H2,1-2H3;1-5H,7H3. The molecule has 1 unspecified atom stereocenters. The maximum atomic E-state index is 10.5. The maximum Gasteiger partial charge on any atom is 0.534 e. The molecule has 2 rings (SSSR count). The zero-order chi connectivity index (χ0) is 17.7. The molecule has 1 N–H and O–H groups in total. The minimum absolute atomic E-state index is 0.531. The summed E-state index contributed by atoms with van der Waals surface area (Å²) in [7, 11) is -2.01. The topological polar surface area (TPSA) is 38.7 Å². The summed E-state index contributed by atoms with van der Waals surface area (Å²) in [5, 5.41) is 2.24. The first kappa shape index (κ1) is 20.8. The second-order valence-electron chi connectivity index (χ2n) is 5.65. The fraction of sp³-hybridized carbons (Fsp3) is 0.368. The Kier molecular flexibility index (Phi) is 10.5. The van der Waals surface area contributed by atoms with E-state index in [0.717, 1.165) is 24.4 Å². The van der Waals surface area contributed by atoms with Crippen molar-refractivity contribution in [3.63, 3.8) is 0 Å². The first-order valence-corrected chi connectivity index (χ1v) is 11.5. The van der Waals surface area contributed by atoms with Crippen molar-refractivity contribution in [2.75, 3.05) is 13.2 Å². The van der Waals surface area contributed by atoms with Crippen LogP contribution in [0.1, 0.15) is 33.1 Å². The lowest BCUT2D eigenvalue weighted by Gasteiger charge is -2.24. The molecule has 0 saturated carbocycles. The second-order valence-corrected chi connectivity index (χ2v) is 9.13. The smallest absolute Gasteiger partial charge is 0.386 e. The van der Waals surface area contributed by atoms with Crippen LogP contribution >= 0.6 is 0 Å². The summed E-state index contributed by atoms with van der Waals surface area (Å²) in [6.45, 7) is 5.20. The lowest BCUT2D eigenvalue weighted by atomic mass is 10.4. The van der Waals surface area contributed by atoms with E-state index in [2.05, 4.69) is 31.2 Å². The van der Waals surface area contributed by atoms with Crippen molar-refractivity contribution in [1.29, 1.82) is 0 Å². The molecule has 24 heavy (non-hydrogen) atoms. The van der Waals surface area contributed by atoms with Crippen molar-refractivity contribution >= 4 is 29.4 Å². The van der Waals surface area contributed by atoms with E-state index in [9.17, 15) is 4.80 Å². The highest BCUT2D eigenvalue weighted by Crippen LogP contribution is 2.07. The van der Waals surface area contributed by atoms with Crippen LogP contribution in [0.25, 0.3) is 0 Å². The van der Waals surface area contributed by atoms with E-state index in [1.54, 1.807) is 0 Å². The summed E-state index contributed by atoms with van der Waals surface area (Å²) in [6, 6.07) is 19.9. The Balaban J connectivity index is 0.000000341. The monoisotopic (exact) mass is 362 g/mol. The predicted molar refractivity (Wildman–Crippen MR) is 107 cm³/mol. The van der Waals surface area contributed by atoms with Crippen molar-refractivity contribution in [2.45, 2.75) is 33.1 Å². The molecule has 0 aromatic heterocycles. The molecule has 0 amide bonds. The lowest BCUT2D eigenvalue weighted by molar-refractivity contribution is 0.111. The van der Waals surface area contributed by atoms with Crippen LogP contribution in [0.15, 0.2) is 60.7 Å². The van der Waals surface area contributed by atoms with Crippen molar-refractivity contribution in [2.24, 2.45) is 0 Å². The van der Waals surface area contributed by atoms with E-state index in [4.69, 9.17) is 8.85 Å². The Morgan fingerprint density at radius 2 is 1.38 bits per heavy atom. The molecule has 2 aromatic rings. The van der Waals surface area contributed by atoms with Gasteiger partial charge in [0.15, 0.2) is 0 Å². The number of hydrogen-bond acceptors (Lipinski definition) is 3. The van der Waals surface area contributed by atoms with Gasteiger partial charge in [-0.15, -0.1) is 0 Å². The summed E-state index contributed by atoms with van der Waals surface area (Å²) in [5.41, 5.74) is 0. The number of unbranched alkanes of at least 4 members (excludes halogenated alkanes) is 1. The largest absolute Gasteiger partial charge is 0.534 e. The quantitative estimate of drug-likeness (QED) is 0.574. The van der Waals surface area contributed by atoms with E-state index in [1.165, 1.54) is 15.4 Å². The Bertz CT molecular complexity index is 537. The average Bonchev–Trinajstić information content (AvgIpc) is 2.62. The van der Waals surface area contributed by atoms with Crippen LogP contribution in [-0.2, 0) is 8.85 Å². The van der Waals surface area contributed by atoms with Gasteiger partial charge in [0.2, 0.25) is 0 Å². The van der Waals surface area contributed by atoms with Crippen LogP contribution in [0.5, 0.6) is 0 Å². The highest BCUT2D eigenvalue weighted by atomic mass is 28.4. The molecular weight excluding hydrogens is 332 g/mol. The predicted octanol–water partition coefficient (Wildman–Crippen LogP) is 1.75. The Labute approximate surface area is 150 Å². The molecule has 132 valence electrons. The van der Waals surface area contributed by atoms with Gasteiger partial charge in [-0.05, 0) is 12.8 Å². The normalized spacial score (nSPS) is 13.0. The van der Waals surface area contributed by atoms with E-state index in [-0.39, 0.29) is 0 Å². The van der Waals surface area contributed by atoms with Crippen LogP contribution in [0.4, 0.5) is 0 Å². The molecule has 0 aliphatic carbocycles. The van der Waals surface area contributed by atoms with Crippen molar-refractivity contribution in [3.8, 4) is 0 Å². The molecule has 0 aliphatic rings. The van der Waals surface area contributed by atoms with Crippen LogP contribution in [-0.4, -0.2) is 37.1 Å². The minimum atomic E-state index is -3.18. The van der Waals surface area contributed by atoms with Crippen molar-refractivity contribution in [1.82, 2.24) is 0 Å². The number of hydrogen-bond donors (Lipinski definition) is 1. The number of rotatable bonds is 8. The Morgan fingerprint density at radius 3 is 1.83 bits per heavy atom. The van der Waals surface area contributed by atoms with Gasteiger partial charge >= 0.3 is 8.80 Å². The second kappa shape index (κ2) is 12.2. The summed E-state index contributed by atoms with van der Waals surface area (Å²) >= 11 is 0. The molecule has 0 heterocycles. The third kappa shape index (κ3) is 8.03. The van der Waals surface area contributed by atoms with E-state index in [0.29, 0.717) is 13.2 Å². The molecule has 0 radical (unpaired) electrons. The van der Waals surface area contributed by atoms with Gasteiger partial charge < -0.3 is 13.6 Å². The van der Waals surface area contributed by atoms with Gasteiger partial charge in [0.1, 0.15) is 0 Å². The third-order valence-corrected chi connectivity index (χ3v) is 6.30. The zero-order valence-corrected chi connectivity index (χ0v) is 18.1. The molecular formula is C19H30O3Si2. The maximum absolute atomic E-state index is 10.5. The minimum Gasteiger partial charge on any atom is -0.386 e. The molecule has 0 bridgehead atoms. The first-order valence-electron chi connectivity index (χ1n) is 8.69. The fourth-order valence-corrected chi connectivity index (χ4v) is 4.30. The summed E-state index contributed by atoms with van der Waals surface area (Å²) in [4.78, 5) is 10.5. The van der Waals surface area contributed by atoms with Crippen molar-refractivity contribution < 1.29 is 13.6 Å². The summed E-state index contributed by atoms with van der Waals surface area (Å²) < 4.78 is 11.2. The zero-order valence-electron chi connectivity index (χ0n) is 15.1. The summed E-state index contributed by atoms with van der Waals surface area (Å²) in [6.07, 6.45) is 2.87. The average molecular weight is 363 g/mol. The van der Waals surface area contributed by atoms with Gasteiger partial charge in [-0.25, -0.2) is 0 Å². The number of benzene rings is 2. The van der Waals surface area contributed by atoms with Crippen LogP contribution in [0, 0.1) is 0 Å². The summed E-state index contributed by atoms with van der Waals surface area (Å²) in [5.74, 6) is 0. The third-order valence-electron chi connectivity index (χ3n) is 3.38. The molecule has 0 spiro atoms. The van der Waals surface area contributed by atoms with Gasteiger partial charge in [0, 0.05) is 28.6 Å². The van der Waals surface area contributed by atoms with Gasteiger partial charge in [-0.3, -0.25) is 0 Å². The molecule has 3 nitrogen and oxygen atoms in total. The van der Waals surface area contributed by atoms with Gasteiger partial charge in [0.25, 0.3) is 0 Å².